The van der Waals surface area contributed by atoms with Crippen LogP contribution in [0.4, 0.5) is 17.1 Å². The van der Waals surface area contributed by atoms with Gasteiger partial charge in [0, 0.05) is 24.9 Å². The predicted octanol–water partition coefficient (Wildman–Crippen LogP) is 5.23. The maximum atomic E-state index is 11.2. The summed E-state index contributed by atoms with van der Waals surface area (Å²) < 4.78 is 0. The molecular formula is C22H33N3O3. The quantitative estimate of drug-likeness (QED) is 0.186. The van der Waals surface area contributed by atoms with Crippen LogP contribution in [0.25, 0.3) is 0 Å². The number of nitrogens with zero attached hydrogens (tertiary/aromatic N) is 1. The summed E-state index contributed by atoms with van der Waals surface area (Å²) in [5.74, 6) is 0.346. The van der Waals surface area contributed by atoms with Crippen LogP contribution in [0.15, 0.2) is 54.2 Å². The SMILES string of the molecule is C=C(/C=C(/CCNc1ccc(N)cc1[N+](=O)[O-])C(=C)C(C)CCCC)CCO. The van der Waals surface area contributed by atoms with E-state index >= 15 is 0 Å². The molecule has 154 valence electrons. The average Bonchev–Trinajstić information content (AvgIpc) is 2.65. The van der Waals surface area contributed by atoms with Gasteiger partial charge in [-0.3, -0.25) is 10.1 Å². The Bertz CT molecular complexity index is 726. The van der Waals surface area contributed by atoms with Crippen LogP contribution in [0, 0.1) is 16.0 Å². The first-order chi connectivity index (χ1) is 13.3. The lowest BCUT2D eigenvalue weighted by atomic mass is 9.88. The molecule has 0 heterocycles. The molecule has 0 saturated heterocycles. The zero-order valence-electron chi connectivity index (χ0n) is 17.0. The molecule has 1 atom stereocenters. The lowest BCUT2D eigenvalue weighted by Gasteiger charge is -2.19. The van der Waals surface area contributed by atoms with Crippen molar-refractivity contribution in [3.05, 3.63) is 64.3 Å². The smallest absolute Gasteiger partial charge is 0.294 e. The van der Waals surface area contributed by atoms with Gasteiger partial charge in [0.25, 0.3) is 5.69 Å². The molecule has 1 aromatic carbocycles. The number of allylic oxidation sites excluding steroid dienone is 2. The second-order valence-corrected chi connectivity index (χ2v) is 7.08. The number of aliphatic hydroxyl groups excluding tert-OH is 1. The number of nitro groups is 1. The molecule has 0 spiro atoms. The monoisotopic (exact) mass is 387 g/mol. The van der Waals surface area contributed by atoms with Crippen LogP contribution in [0.1, 0.15) is 46.0 Å². The van der Waals surface area contributed by atoms with Crippen molar-refractivity contribution in [3.8, 4) is 0 Å². The molecule has 0 aliphatic heterocycles. The molecule has 0 radical (unpaired) electrons. The molecule has 0 aromatic heterocycles. The predicted molar refractivity (Wildman–Crippen MR) is 117 cm³/mol. The van der Waals surface area contributed by atoms with E-state index in [9.17, 15) is 10.1 Å². The van der Waals surface area contributed by atoms with Crippen molar-refractivity contribution in [3.63, 3.8) is 0 Å². The van der Waals surface area contributed by atoms with E-state index in [1.807, 2.05) is 6.08 Å². The molecule has 0 saturated carbocycles. The first-order valence-corrected chi connectivity index (χ1v) is 9.76. The lowest BCUT2D eigenvalue weighted by molar-refractivity contribution is -0.383. The van der Waals surface area contributed by atoms with E-state index in [0.29, 0.717) is 36.7 Å². The number of rotatable bonds is 13. The molecule has 1 aromatic rings. The first kappa shape index (κ1) is 23.4. The number of benzene rings is 1. The molecule has 6 nitrogen and oxygen atoms in total. The standard InChI is InChI=1S/C22H33N3O3/c1-5-6-7-17(3)18(4)19(14-16(2)11-13-26)10-12-24-21-9-8-20(23)15-22(21)25(27)28/h8-9,14-15,17,24,26H,2,4-7,10-13,23H2,1,3H3/b19-14-. The zero-order chi connectivity index (χ0) is 21.1. The van der Waals surface area contributed by atoms with E-state index in [4.69, 9.17) is 10.8 Å². The number of nitrogens with one attached hydrogen (secondary N) is 1. The molecule has 0 fully saturated rings. The van der Waals surface area contributed by atoms with Gasteiger partial charge in [-0.15, -0.1) is 0 Å². The third-order valence-corrected chi connectivity index (χ3v) is 4.74. The van der Waals surface area contributed by atoms with E-state index in [1.54, 1.807) is 12.1 Å². The number of nitro benzene ring substituents is 1. The van der Waals surface area contributed by atoms with Gasteiger partial charge in [0.15, 0.2) is 0 Å². The summed E-state index contributed by atoms with van der Waals surface area (Å²) in [6.07, 6.45) is 6.49. The molecular weight excluding hydrogens is 354 g/mol. The van der Waals surface area contributed by atoms with E-state index in [1.165, 1.54) is 6.07 Å². The van der Waals surface area contributed by atoms with Crippen LogP contribution in [0.5, 0.6) is 0 Å². The molecule has 0 amide bonds. The van der Waals surface area contributed by atoms with Gasteiger partial charge in [0.1, 0.15) is 5.69 Å². The van der Waals surface area contributed by atoms with E-state index in [2.05, 4.69) is 32.3 Å². The molecule has 6 heteroatoms. The summed E-state index contributed by atoms with van der Waals surface area (Å²) in [6, 6.07) is 4.62. The summed E-state index contributed by atoms with van der Waals surface area (Å²) in [7, 11) is 0. The van der Waals surface area contributed by atoms with Crippen LogP contribution in [-0.2, 0) is 0 Å². The van der Waals surface area contributed by atoms with Crippen molar-refractivity contribution in [1.29, 1.82) is 0 Å². The number of hydrogen-bond donors (Lipinski definition) is 3. The van der Waals surface area contributed by atoms with Crippen molar-refractivity contribution < 1.29 is 10.0 Å². The summed E-state index contributed by atoms with van der Waals surface area (Å²) in [6.45, 7) is 13.2. The Kier molecular flexibility index (Phi) is 10.0. The van der Waals surface area contributed by atoms with Crippen LogP contribution < -0.4 is 11.1 Å². The maximum Gasteiger partial charge on any atom is 0.294 e. The van der Waals surface area contributed by atoms with E-state index in [-0.39, 0.29) is 12.3 Å². The minimum atomic E-state index is -0.440. The summed E-state index contributed by atoms with van der Waals surface area (Å²) in [5.41, 5.74) is 9.38. The Morgan fingerprint density at radius 3 is 2.71 bits per heavy atom. The fraction of sp³-hybridized carbons (Fsp3) is 0.455. The minimum absolute atomic E-state index is 0.0367. The van der Waals surface area contributed by atoms with Crippen LogP contribution in [0.2, 0.25) is 0 Å². The van der Waals surface area contributed by atoms with Crippen LogP contribution >= 0.6 is 0 Å². The Morgan fingerprint density at radius 2 is 2.11 bits per heavy atom. The third-order valence-electron chi connectivity index (χ3n) is 4.74. The number of nitrogens with two attached hydrogens (primary N) is 1. The number of aliphatic hydroxyl groups is 1. The highest BCUT2D eigenvalue weighted by atomic mass is 16.6. The molecule has 0 bridgehead atoms. The highest BCUT2D eigenvalue weighted by molar-refractivity contribution is 5.66. The van der Waals surface area contributed by atoms with Gasteiger partial charge in [0.2, 0.25) is 0 Å². The highest BCUT2D eigenvalue weighted by Crippen LogP contribution is 2.29. The normalized spacial score (nSPS) is 12.5. The van der Waals surface area contributed by atoms with Gasteiger partial charge in [0.05, 0.1) is 4.92 Å². The number of nitrogen functional groups attached to an aromatic ring is 1. The van der Waals surface area contributed by atoms with Crippen molar-refractivity contribution in [2.45, 2.75) is 46.0 Å². The van der Waals surface area contributed by atoms with Crippen molar-refractivity contribution >= 4 is 17.1 Å². The van der Waals surface area contributed by atoms with E-state index < -0.39 is 4.92 Å². The minimum Gasteiger partial charge on any atom is -0.399 e. The van der Waals surface area contributed by atoms with Crippen molar-refractivity contribution in [2.24, 2.45) is 5.92 Å². The van der Waals surface area contributed by atoms with Gasteiger partial charge < -0.3 is 16.2 Å². The third kappa shape index (κ3) is 7.56. The van der Waals surface area contributed by atoms with Crippen molar-refractivity contribution in [1.82, 2.24) is 0 Å². The largest absolute Gasteiger partial charge is 0.399 e. The molecule has 0 aliphatic rings. The summed E-state index contributed by atoms with van der Waals surface area (Å²) in [4.78, 5) is 10.8. The molecule has 28 heavy (non-hydrogen) atoms. The molecule has 4 N–H and O–H groups in total. The topological polar surface area (TPSA) is 101 Å². The second kappa shape index (κ2) is 12.0. The van der Waals surface area contributed by atoms with Crippen LogP contribution in [-0.4, -0.2) is 23.2 Å². The Balaban J connectivity index is 2.89. The second-order valence-electron chi connectivity index (χ2n) is 7.08. The van der Waals surface area contributed by atoms with Crippen LogP contribution in [0.3, 0.4) is 0 Å². The summed E-state index contributed by atoms with van der Waals surface area (Å²) in [5, 5.41) is 23.5. The fourth-order valence-corrected chi connectivity index (χ4v) is 2.97. The van der Waals surface area contributed by atoms with Gasteiger partial charge in [-0.2, -0.15) is 0 Å². The fourth-order valence-electron chi connectivity index (χ4n) is 2.97. The number of hydrogen-bond acceptors (Lipinski definition) is 5. The number of anilines is 2. The van der Waals surface area contributed by atoms with Gasteiger partial charge in [-0.1, -0.05) is 51.5 Å². The molecule has 1 rings (SSSR count). The molecule has 0 aliphatic carbocycles. The van der Waals surface area contributed by atoms with Gasteiger partial charge >= 0.3 is 0 Å². The van der Waals surface area contributed by atoms with Gasteiger partial charge in [-0.05, 0) is 48.5 Å². The van der Waals surface area contributed by atoms with E-state index in [0.717, 1.165) is 36.0 Å². The maximum absolute atomic E-state index is 11.2. The van der Waals surface area contributed by atoms with Crippen molar-refractivity contribution in [2.75, 3.05) is 24.2 Å². The average molecular weight is 388 g/mol. The lowest BCUT2D eigenvalue weighted by Crippen LogP contribution is -2.09. The molecule has 1 unspecified atom stereocenters. The first-order valence-electron chi connectivity index (χ1n) is 9.76. The summed E-state index contributed by atoms with van der Waals surface area (Å²) >= 11 is 0. The Labute approximate surface area is 168 Å². The highest BCUT2D eigenvalue weighted by Gasteiger charge is 2.15. The van der Waals surface area contributed by atoms with Gasteiger partial charge in [-0.25, -0.2) is 0 Å². The number of unbranched alkanes of at least 4 members (excludes halogenated alkanes) is 1. The Hall–Kier alpha value is -2.60. The Morgan fingerprint density at radius 1 is 1.39 bits per heavy atom. The zero-order valence-corrected chi connectivity index (χ0v) is 17.0.